The molecule has 0 aliphatic carbocycles. The van der Waals surface area contributed by atoms with Crippen LogP contribution in [0.3, 0.4) is 0 Å². The van der Waals surface area contributed by atoms with Crippen LogP contribution in [0.1, 0.15) is 32.4 Å². The van der Waals surface area contributed by atoms with E-state index in [1.807, 2.05) is 6.26 Å². The molecule has 0 aliphatic rings. The number of aromatic amines is 1. The molecule has 13 nitrogen and oxygen atoms in total. The van der Waals surface area contributed by atoms with E-state index in [1.165, 1.54) is 24.3 Å². The van der Waals surface area contributed by atoms with Crippen LogP contribution in [0.4, 0.5) is 0 Å². The lowest BCUT2D eigenvalue weighted by Crippen LogP contribution is -2.59. The first kappa shape index (κ1) is 28.9. The lowest BCUT2D eigenvalue weighted by atomic mass is 10.0. The van der Waals surface area contributed by atoms with E-state index < -0.39 is 60.2 Å². The predicted octanol–water partition coefficient (Wildman–Crippen LogP) is -1.90. The van der Waals surface area contributed by atoms with Crippen molar-refractivity contribution in [2.45, 2.75) is 57.3 Å². The third kappa shape index (κ3) is 9.79. The second-order valence-corrected chi connectivity index (χ2v) is 9.02. The van der Waals surface area contributed by atoms with Gasteiger partial charge in [-0.15, -0.1) is 0 Å². The Morgan fingerprint density at radius 2 is 1.74 bits per heavy atom. The summed E-state index contributed by atoms with van der Waals surface area (Å²) in [5.41, 5.74) is 11.4. The second kappa shape index (κ2) is 14.2. The molecule has 1 rings (SSSR count). The third-order valence-electron chi connectivity index (χ3n) is 4.85. The quantitative estimate of drug-likeness (QED) is 0.143. The van der Waals surface area contributed by atoms with E-state index in [9.17, 15) is 29.1 Å². The molecule has 4 atom stereocenters. The van der Waals surface area contributed by atoms with Gasteiger partial charge in [-0.05, 0) is 24.3 Å². The Kier molecular flexibility index (Phi) is 12.1. The maximum absolute atomic E-state index is 13.0. The Hall–Kier alpha value is -3.13. The fourth-order valence-corrected chi connectivity index (χ4v) is 3.42. The molecule has 0 bridgehead atoms. The summed E-state index contributed by atoms with van der Waals surface area (Å²) in [4.78, 5) is 67.6. The number of H-pyrrole nitrogens is 1. The Balaban J connectivity index is 3.01. The molecule has 0 saturated carbocycles. The van der Waals surface area contributed by atoms with Crippen LogP contribution in [0.2, 0.25) is 0 Å². The number of aromatic nitrogens is 2. The average molecular weight is 500 g/mol. The number of thioether (sulfide) groups is 1. The van der Waals surface area contributed by atoms with Crippen LogP contribution < -0.4 is 27.4 Å². The highest BCUT2D eigenvalue weighted by molar-refractivity contribution is 7.98. The maximum atomic E-state index is 13.0. The zero-order valence-electron chi connectivity index (χ0n) is 19.4. The minimum atomic E-state index is -1.57. The zero-order valence-corrected chi connectivity index (χ0v) is 20.2. The van der Waals surface area contributed by atoms with Crippen LogP contribution in [-0.4, -0.2) is 80.8 Å². The topological polar surface area (TPSA) is 222 Å². The summed E-state index contributed by atoms with van der Waals surface area (Å²) in [6.45, 7) is 3.43. The number of imidazole rings is 1. The second-order valence-electron chi connectivity index (χ2n) is 8.03. The van der Waals surface area contributed by atoms with Gasteiger partial charge in [-0.3, -0.25) is 19.2 Å². The Morgan fingerprint density at radius 3 is 2.24 bits per heavy atom. The summed E-state index contributed by atoms with van der Waals surface area (Å²) in [7, 11) is 0. The van der Waals surface area contributed by atoms with Gasteiger partial charge in [0.05, 0.1) is 18.8 Å². The monoisotopic (exact) mass is 499 g/mol. The van der Waals surface area contributed by atoms with Gasteiger partial charge in [0.15, 0.2) is 0 Å². The van der Waals surface area contributed by atoms with Crippen LogP contribution in [0.25, 0.3) is 0 Å². The summed E-state index contributed by atoms with van der Waals surface area (Å²) in [5, 5.41) is 16.7. The summed E-state index contributed by atoms with van der Waals surface area (Å²) in [5.74, 6) is -4.02. The zero-order chi connectivity index (χ0) is 25.8. The van der Waals surface area contributed by atoms with E-state index in [0.717, 1.165) is 0 Å². The molecule has 1 aromatic heterocycles. The number of nitrogens with one attached hydrogen (secondary N) is 4. The number of nitrogens with two attached hydrogens (primary N) is 2. The van der Waals surface area contributed by atoms with Crippen LogP contribution in [0, 0.1) is 5.92 Å². The van der Waals surface area contributed by atoms with Crippen LogP contribution in [-0.2, 0) is 30.4 Å². The van der Waals surface area contributed by atoms with Gasteiger partial charge >= 0.3 is 5.97 Å². The van der Waals surface area contributed by atoms with E-state index >= 15 is 0 Å². The van der Waals surface area contributed by atoms with Gasteiger partial charge in [0.25, 0.3) is 0 Å². The summed E-state index contributed by atoms with van der Waals surface area (Å²) in [6.07, 6.45) is 4.47. The van der Waals surface area contributed by atoms with Crippen molar-refractivity contribution in [3.8, 4) is 0 Å². The summed E-state index contributed by atoms with van der Waals surface area (Å²) in [6, 6.07) is -4.59. The molecule has 0 aromatic carbocycles. The standard InChI is InChI=1S/C20H33N7O6S/c1-10(2)16(27-17(29)12(21)4-5-34-3)19(31)25-13(6-11-8-23-9-24-11)18(30)26-14(20(32)33)7-15(22)28/h8-10,12-14,16H,4-7,21H2,1-3H3,(H2,22,28)(H,23,24)(H,25,31)(H,26,30)(H,27,29)(H,32,33). The van der Waals surface area contributed by atoms with Crippen LogP contribution in [0.15, 0.2) is 12.5 Å². The first-order chi connectivity index (χ1) is 16.0. The molecule has 14 heteroatoms. The van der Waals surface area contributed by atoms with Gasteiger partial charge < -0.3 is 37.5 Å². The van der Waals surface area contributed by atoms with Crippen LogP contribution in [0.5, 0.6) is 0 Å². The number of aliphatic carboxylic acids is 1. The Labute approximate surface area is 201 Å². The van der Waals surface area contributed by atoms with Gasteiger partial charge in [-0.1, -0.05) is 13.8 Å². The smallest absolute Gasteiger partial charge is 0.326 e. The third-order valence-corrected chi connectivity index (χ3v) is 5.49. The SMILES string of the molecule is CSCCC(N)C(=O)NC(C(=O)NC(Cc1cnc[nH]1)C(=O)NC(CC(N)=O)C(=O)O)C(C)C. The lowest BCUT2D eigenvalue weighted by molar-refractivity contribution is -0.143. The Bertz CT molecular complexity index is 848. The van der Waals surface area contributed by atoms with Crippen molar-refractivity contribution in [1.82, 2.24) is 25.9 Å². The minimum Gasteiger partial charge on any atom is -0.480 e. The van der Waals surface area contributed by atoms with Crippen molar-refractivity contribution in [3.63, 3.8) is 0 Å². The Morgan fingerprint density at radius 1 is 1.09 bits per heavy atom. The first-order valence-corrected chi connectivity index (χ1v) is 12.0. The van der Waals surface area contributed by atoms with Crippen molar-refractivity contribution in [1.29, 1.82) is 0 Å². The summed E-state index contributed by atoms with van der Waals surface area (Å²) < 4.78 is 0. The molecule has 0 radical (unpaired) electrons. The predicted molar refractivity (Wildman–Crippen MR) is 125 cm³/mol. The number of hydrogen-bond donors (Lipinski definition) is 7. The van der Waals surface area contributed by atoms with Gasteiger partial charge in [0.2, 0.25) is 23.6 Å². The van der Waals surface area contributed by atoms with Crippen molar-refractivity contribution in [3.05, 3.63) is 18.2 Å². The number of carbonyl (C=O) groups is 5. The fraction of sp³-hybridized carbons (Fsp3) is 0.600. The fourth-order valence-electron chi connectivity index (χ4n) is 2.93. The van der Waals surface area contributed by atoms with Crippen molar-refractivity contribution in [2.24, 2.45) is 17.4 Å². The molecule has 1 aromatic rings. The molecular weight excluding hydrogens is 466 g/mol. The normalized spacial score (nSPS) is 14.5. The van der Waals surface area contributed by atoms with Crippen molar-refractivity contribution in [2.75, 3.05) is 12.0 Å². The molecular formula is C20H33N7O6S. The molecule has 4 unspecified atom stereocenters. The molecule has 0 spiro atoms. The highest BCUT2D eigenvalue weighted by Crippen LogP contribution is 2.07. The number of carbonyl (C=O) groups excluding carboxylic acids is 4. The van der Waals surface area contributed by atoms with E-state index in [0.29, 0.717) is 17.9 Å². The maximum Gasteiger partial charge on any atom is 0.326 e. The van der Waals surface area contributed by atoms with Crippen molar-refractivity contribution < 1.29 is 29.1 Å². The van der Waals surface area contributed by atoms with E-state index in [2.05, 4.69) is 25.9 Å². The molecule has 190 valence electrons. The van der Waals surface area contributed by atoms with Gasteiger partial charge in [-0.2, -0.15) is 11.8 Å². The number of carboxylic acids is 1. The number of rotatable bonds is 15. The molecule has 0 aliphatic heterocycles. The number of hydrogen-bond acceptors (Lipinski definition) is 8. The molecule has 1 heterocycles. The van der Waals surface area contributed by atoms with E-state index in [4.69, 9.17) is 11.5 Å². The number of nitrogens with zero attached hydrogens (tertiary/aromatic N) is 1. The lowest BCUT2D eigenvalue weighted by Gasteiger charge is -2.26. The molecule has 9 N–H and O–H groups in total. The molecule has 4 amide bonds. The first-order valence-electron chi connectivity index (χ1n) is 10.6. The number of primary amides is 1. The van der Waals surface area contributed by atoms with E-state index in [-0.39, 0.29) is 12.3 Å². The molecule has 0 saturated heterocycles. The number of amides is 4. The largest absolute Gasteiger partial charge is 0.480 e. The van der Waals surface area contributed by atoms with Gasteiger partial charge in [-0.25, -0.2) is 9.78 Å². The molecule has 0 fully saturated rings. The average Bonchev–Trinajstić information content (AvgIpc) is 3.26. The summed E-state index contributed by atoms with van der Waals surface area (Å²) >= 11 is 1.54. The number of carboxylic acid groups (broad SMARTS) is 1. The minimum absolute atomic E-state index is 0.0491. The highest BCUT2D eigenvalue weighted by Gasteiger charge is 2.32. The van der Waals surface area contributed by atoms with Crippen LogP contribution >= 0.6 is 11.8 Å². The molecule has 34 heavy (non-hydrogen) atoms. The van der Waals surface area contributed by atoms with Gasteiger partial charge in [0, 0.05) is 18.3 Å². The van der Waals surface area contributed by atoms with Gasteiger partial charge in [0.1, 0.15) is 18.1 Å². The van der Waals surface area contributed by atoms with Crippen molar-refractivity contribution >= 4 is 41.4 Å². The van der Waals surface area contributed by atoms with E-state index in [1.54, 1.807) is 13.8 Å². The highest BCUT2D eigenvalue weighted by atomic mass is 32.2.